The summed E-state index contributed by atoms with van der Waals surface area (Å²) >= 11 is 0. The van der Waals surface area contributed by atoms with Gasteiger partial charge in [0.15, 0.2) is 6.61 Å². The lowest BCUT2D eigenvalue weighted by Gasteiger charge is -2.29. The van der Waals surface area contributed by atoms with Gasteiger partial charge in [-0.3, -0.25) is 0 Å². The Bertz CT molecular complexity index is 1030. The van der Waals surface area contributed by atoms with Crippen molar-refractivity contribution in [2.24, 2.45) is 17.8 Å². The molecule has 2 fully saturated rings. The van der Waals surface area contributed by atoms with E-state index in [1.54, 1.807) is 0 Å². The zero-order valence-corrected chi connectivity index (χ0v) is 23.6. The standard InChI is InChI=1S/C32H41F7O2/c1-2-3-21-4-6-22(7-5-21)8-9-23-10-16-26(17-11-23)40-20-31(35,36)41-27-18-28(33)30(29(34)19-27)24-12-14-25(15-13-24)32(37,38)39/h8-9,14,18-19,21-24,26H,2-7,10-13,15-17,20H2,1H3. The Morgan fingerprint density at radius 1 is 0.829 bits per heavy atom. The summed E-state index contributed by atoms with van der Waals surface area (Å²) in [6.07, 6.45) is 6.99. The summed E-state index contributed by atoms with van der Waals surface area (Å²) < 4.78 is 107. The van der Waals surface area contributed by atoms with Crippen molar-refractivity contribution in [3.63, 3.8) is 0 Å². The van der Waals surface area contributed by atoms with E-state index in [9.17, 15) is 30.7 Å². The second-order valence-corrected chi connectivity index (χ2v) is 12.0. The Morgan fingerprint density at radius 3 is 1.93 bits per heavy atom. The number of rotatable bonds is 10. The van der Waals surface area contributed by atoms with E-state index in [0.29, 0.717) is 36.8 Å². The predicted octanol–water partition coefficient (Wildman–Crippen LogP) is 10.4. The second-order valence-electron chi connectivity index (χ2n) is 12.0. The third kappa shape index (κ3) is 9.23. The first-order valence-electron chi connectivity index (χ1n) is 15.1. The molecule has 3 aliphatic rings. The molecule has 9 heteroatoms. The van der Waals surface area contributed by atoms with Crippen LogP contribution in [0.4, 0.5) is 30.7 Å². The van der Waals surface area contributed by atoms with E-state index in [-0.39, 0.29) is 25.4 Å². The van der Waals surface area contributed by atoms with Crippen LogP contribution in [0.1, 0.15) is 102 Å². The molecule has 3 aliphatic carbocycles. The summed E-state index contributed by atoms with van der Waals surface area (Å²) in [5, 5.41) is 0. The molecule has 4 rings (SSSR count). The summed E-state index contributed by atoms with van der Waals surface area (Å²) in [7, 11) is 0. The van der Waals surface area contributed by atoms with E-state index in [4.69, 9.17) is 4.74 Å². The number of hydrogen-bond acceptors (Lipinski definition) is 2. The molecule has 0 radical (unpaired) electrons. The lowest BCUT2D eigenvalue weighted by molar-refractivity contribution is -0.222. The molecule has 0 aliphatic heterocycles. The molecule has 230 valence electrons. The van der Waals surface area contributed by atoms with Gasteiger partial charge in [0.25, 0.3) is 0 Å². The molecule has 0 N–H and O–H groups in total. The van der Waals surface area contributed by atoms with Crippen LogP contribution in [0, 0.1) is 29.4 Å². The van der Waals surface area contributed by atoms with Crippen molar-refractivity contribution < 1.29 is 40.2 Å². The summed E-state index contributed by atoms with van der Waals surface area (Å²) in [4.78, 5) is 0. The number of halogens is 7. The van der Waals surface area contributed by atoms with Gasteiger partial charge in [0.1, 0.15) is 17.4 Å². The van der Waals surface area contributed by atoms with Crippen molar-refractivity contribution in [2.45, 2.75) is 115 Å². The van der Waals surface area contributed by atoms with Gasteiger partial charge in [0.05, 0.1) is 6.10 Å². The molecule has 0 spiro atoms. The minimum absolute atomic E-state index is 0.0958. The molecule has 0 bridgehead atoms. The van der Waals surface area contributed by atoms with Crippen LogP contribution in [0.25, 0.3) is 0 Å². The molecular weight excluding hydrogens is 549 g/mol. The number of allylic oxidation sites excluding steroid dienone is 4. The fourth-order valence-electron chi connectivity index (χ4n) is 6.62. The van der Waals surface area contributed by atoms with E-state index < -0.39 is 53.3 Å². The third-order valence-corrected chi connectivity index (χ3v) is 8.95. The number of benzene rings is 1. The minimum Gasteiger partial charge on any atom is -0.431 e. The quantitative estimate of drug-likeness (QED) is 0.199. The summed E-state index contributed by atoms with van der Waals surface area (Å²) in [5.74, 6) is -1.82. The van der Waals surface area contributed by atoms with Crippen molar-refractivity contribution in [3.8, 4) is 5.75 Å². The zero-order chi connectivity index (χ0) is 29.6. The molecule has 41 heavy (non-hydrogen) atoms. The van der Waals surface area contributed by atoms with Gasteiger partial charge in [-0.2, -0.15) is 22.0 Å². The maximum absolute atomic E-state index is 14.7. The first-order valence-corrected chi connectivity index (χ1v) is 15.1. The summed E-state index contributed by atoms with van der Waals surface area (Å²) in [5.41, 5.74) is -1.14. The first-order chi connectivity index (χ1) is 19.4. The molecule has 0 amide bonds. The maximum atomic E-state index is 14.7. The third-order valence-electron chi connectivity index (χ3n) is 8.95. The van der Waals surface area contributed by atoms with E-state index in [1.807, 2.05) is 0 Å². The Kier molecular flexibility index (Phi) is 10.9. The normalized spacial score (nSPS) is 28.1. The van der Waals surface area contributed by atoms with Gasteiger partial charge in [0, 0.05) is 23.3 Å². The molecule has 2 nitrogen and oxygen atoms in total. The molecule has 1 unspecified atom stereocenters. The van der Waals surface area contributed by atoms with Gasteiger partial charge < -0.3 is 9.47 Å². The monoisotopic (exact) mass is 590 g/mol. The Balaban J connectivity index is 1.22. The Hall–Kier alpha value is -2.03. The van der Waals surface area contributed by atoms with E-state index in [1.165, 1.54) is 38.5 Å². The maximum Gasteiger partial charge on any atom is 0.421 e. The van der Waals surface area contributed by atoms with Crippen LogP contribution in [0.2, 0.25) is 0 Å². The van der Waals surface area contributed by atoms with Crippen molar-refractivity contribution in [1.29, 1.82) is 0 Å². The lowest BCUT2D eigenvalue weighted by Crippen LogP contribution is -2.34. The van der Waals surface area contributed by atoms with Gasteiger partial charge in [-0.1, -0.05) is 38.0 Å². The average molecular weight is 591 g/mol. The van der Waals surface area contributed by atoms with Crippen LogP contribution in [-0.2, 0) is 4.74 Å². The van der Waals surface area contributed by atoms with E-state index >= 15 is 0 Å². The average Bonchev–Trinajstić information content (AvgIpc) is 2.91. The molecular formula is C32H41F7O2. The number of hydrogen-bond donors (Lipinski definition) is 0. The van der Waals surface area contributed by atoms with Gasteiger partial charge in [-0.15, -0.1) is 0 Å². The van der Waals surface area contributed by atoms with E-state index in [2.05, 4.69) is 23.8 Å². The molecule has 2 saturated carbocycles. The van der Waals surface area contributed by atoms with Gasteiger partial charge in [-0.05, 0) is 94.3 Å². The van der Waals surface area contributed by atoms with Crippen LogP contribution in [-0.4, -0.2) is 25.0 Å². The van der Waals surface area contributed by atoms with Crippen LogP contribution in [0.5, 0.6) is 5.75 Å². The molecule has 1 aromatic carbocycles. The molecule has 1 aromatic rings. The fraction of sp³-hybridized carbons (Fsp3) is 0.688. The van der Waals surface area contributed by atoms with Gasteiger partial charge in [0.2, 0.25) is 0 Å². The highest BCUT2D eigenvalue weighted by Gasteiger charge is 2.38. The fourth-order valence-corrected chi connectivity index (χ4v) is 6.62. The van der Waals surface area contributed by atoms with Crippen LogP contribution in [0.15, 0.2) is 35.9 Å². The number of alkyl halides is 5. The molecule has 0 heterocycles. The zero-order valence-electron chi connectivity index (χ0n) is 23.6. The predicted molar refractivity (Wildman–Crippen MR) is 144 cm³/mol. The van der Waals surface area contributed by atoms with Crippen molar-refractivity contribution in [2.75, 3.05) is 6.61 Å². The van der Waals surface area contributed by atoms with Crippen molar-refractivity contribution in [1.82, 2.24) is 0 Å². The second kappa shape index (κ2) is 14.0. The minimum atomic E-state index is -4.48. The van der Waals surface area contributed by atoms with Crippen LogP contribution in [0.3, 0.4) is 0 Å². The molecule has 1 atom stereocenters. The smallest absolute Gasteiger partial charge is 0.421 e. The Morgan fingerprint density at radius 2 is 1.41 bits per heavy atom. The number of ether oxygens (including phenoxy) is 2. The van der Waals surface area contributed by atoms with E-state index in [0.717, 1.165) is 24.8 Å². The summed E-state index contributed by atoms with van der Waals surface area (Å²) in [6.45, 7) is 1.19. The Labute approximate surface area is 238 Å². The molecule has 0 aromatic heterocycles. The van der Waals surface area contributed by atoms with Gasteiger partial charge in [-0.25, -0.2) is 8.78 Å². The highest BCUT2D eigenvalue weighted by atomic mass is 19.4. The highest BCUT2D eigenvalue weighted by Crippen LogP contribution is 2.41. The van der Waals surface area contributed by atoms with Crippen molar-refractivity contribution in [3.05, 3.63) is 53.1 Å². The lowest BCUT2D eigenvalue weighted by atomic mass is 9.79. The summed E-state index contributed by atoms with van der Waals surface area (Å²) in [6, 6.07) is 1.31. The highest BCUT2D eigenvalue weighted by molar-refractivity contribution is 5.34. The van der Waals surface area contributed by atoms with Gasteiger partial charge >= 0.3 is 12.3 Å². The largest absolute Gasteiger partial charge is 0.431 e. The molecule has 0 saturated heterocycles. The van der Waals surface area contributed by atoms with Crippen molar-refractivity contribution >= 4 is 0 Å². The van der Waals surface area contributed by atoms with Crippen LogP contribution < -0.4 is 4.74 Å². The SMILES string of the molecule is CCCC1CCC(C=CC2CCC(OCC(F)(F)Oc3cc(F)c(C4CC=C(C(F)(F)F)CC4)c(F)c3)CC2)CC1. The van der Waals surface area contributed by atoms with Crippen LogP contribution >= 0.6 is 0 Å². The topological polar surface area (TPSA) is 18.5 Å². The first kappa shape index (κ1) is 31.9.